The van der Waals surface area contributed by atoms with Crippen molar-refractivity contribution in [1.82, 2.24) is 16.0 Å². The predicted octanol–water partition coefficient (Wildman–Crippen LogP) is 18.3. The van der Waals surface area contributed by atoms with Crippen molar-refractivity contribution in [2.75, 3.05) is 19.8 Å². The molecule has 1 aromatic carbocycles. The Morgan fingerprint density at radius 3 is 0.738 bits per heavy atom. The number of benzene rings is 1. The van der Waals surface area contributed by atoms with Crippen molar-refractivity contribution in [1.29, 1.82) is 0 Å². The number of hydrogen-bond acceptors (Lipinski definition) is 9. The molecule has 3 fully saturated rings. The van der Waals surface area contributed by atoms with Crippen molar-refractivity contribution in [2.45, 2.75) is 347 Å². The molecule has 1 aromatic rings. The molecule has 0 bridgehead atoms. The molecule has 3 atom stereocenters. The minimum absolute atomic E-state index is 0.0173. The van der Waals surface area contributed by atoms with Crippen LogP contribution in [-0.4, -0.2) is 73.6 Å². The van der Waals surface area contributed by atoms with E-state index in [9.17, 15) is 28.8 Å². The van der Waals surface area contributed by atoms with Crippen LogP contribution in [0.15, 0.2) is 18.2 Å². The van der Waals surface area contributed by atoms with Crippen molar-refractivity contribution in [3.05, 3.63) is 34.9 Å². The molecule has 0 heterocycles. The summed E-state index contributed by atoms with van der Waals surface area (Å²) in [4.78, 5) is 86.3. The summed E-state index contributed by atoms with van der Waals surface area (Å²) in [6, 6.07) is 1.57. The van der Waals surface area contributed by atoms with Gasteiger partial charge in [0.05, 0.1) is 19.8 Å². The van der Waals surface area contributed by atoms with E-state index in [1.54, 1.807) is 0 Å². The number of amides is 3. The molecule has 3 N–H and O–H groups in total. The van der Waals surface area contributed by atoms with Gasteiger partial charge in [0.15, 0.2) is 0 Å². The van der Waals surface area contributed by atoms with Crippen LogP contribution in [0.25, 0.3) is 0 Å². The van der Waals surface area contributed by atoms with Crippen LogP contribution in [0, 0.1) is 17.8 Å². The highest BCUT2D eigenvalue weighted by Gasteiger charge is 2.32. The van der Waals surface area contributed by atoms with E-state index >= 15 is 0 Å². The maximum Gasteiger partial charge on any atom is 0.328 e. The first-order chi connectivity index (χ1) is 41.1. The molecule has 0 radical (unpaired) electrons. The van der Waals surface area contributed by atoms with Crippen molar-refractivity contribution in [3.8, 4) is 0 Å². The van der Waals surface area contributed by atoms with Crippen LogP contribution >= 0.6 is 0 Å². The standard InChI is InChI=1S/C72H123N3O9/c1-4-7-10-13-16-19-22-25-28-40-49-82-70(79)64(52-58-43-34-31-35-44-58)73-67(76)61-55-62(68(77)74-65(53-59-45-36-32-37-46-59)71(80)83-50-41-29-26-23-20-17-14-11-8-5-2)57-63(56-61)69(78)75-66(54-60-47-38-33-39-48-60)72(81)84-51-42-30-27-24-21-18-15-12-9-6-3/h55-60,64-66H,4-54H2,1-3H3,(H,73,76)(H,74,77)(H,75,78)/t64-,65-,66-/m1/s1. The van der Waals surface area contributed by atoms with Gasteiger partial charge in [-0.25, -0.2) is 14.4 Å². The Labute approximate surface area is 511 Å². The van der Waals surface area contributed by atoms with E-state index in [-0.39, 0.29) is 54.3 Å². The van der Waals surface area contributed by atoms with E-state index < -0.39 is 53.8 Å². The molecule has 0 saturated heterocycles. The van der Waals surface area contributed by atoms with Crippen LogP contribution < -0.4 is 16.0 Å². The van der Waals surface area contributed by atoms with Crippen molar-refractivity contribution in [2.24, 2.45) is 17.8 Å². The molecule has 3 aliphatic carbocycles. The average molecular weight is 1170 g/mol. The lowest BCUT2D eigenvalue weighted by Gasteiger charge is -2.27. The van der Waals surface area contributed by atoms with E-state index in [2.05, 4.69) is 36.7 Å². The monoisotopic (exact) mass is 1170 g/mol. The molecular weight excluding hydrogens is 1050 g/mol. The number of carbonyl (C=O) groups excluding carboxylic acids is 6. The molecule has 3 amide bonds. The van der Waals surface area contributed by atoms with Gasteiger partial charge >= 0.3 is 17.9 Å². The van der Waals surface area contributed by atoms with Crippen LogP contribution in [-0.2, 0) is 28.6 Å². The van der Waals surface area contributed by atoms with Crippen LogP contribution in [0.3, 0.4) is 0 Å². The molecule has 0 unspecified atom stereocenters. The summed E-state index contributed by atoms with van der Waals surface area (Å²) in [5.74, 6) is -2.53. The van der Waals surface area contributed by atoms with E-state index in [0.717, 1.165) is 154 Å². The van der Waals surface area contributed by atoms with Crippen LogP contribution in [0.1, 0.15) is 360 Å². The summed E-state index contributed by atoms with van der Waals surface area (Å²) in [5, 5.41) is 9.04. The smallest absolute Gasteiger partial charge is 0.328 e. The number of hydrogen-bond donors (Lipinski definition) is 3. The Kier molecular flexibility index (Phi) is 40.7. The maximum atomic E-state index is 14.7. The van der Waals surface area contributed by atoms with Crippen molar-refractivity contribution < 1.29 is 43.0 Å². The lowest BCUT2D eigenvalue weighted by molar-refractivity contribution is -0.147. The van der Waals surface area contributed by atoms with Gasteiger partial charge in [-0.05, 0) is 74.5 Å². The molecular formula is C72H123N3O9. The second-order valence-corrected chi connectivity index (χ2v) is 26.1. The molecule has 480 valence electrons. The number of carbonyl (C=O) groups is 6. The van der Waals surface area contributed by atoms with Gasteiger partial charge in [0.2, 0.25) is 0 Å². The fraction of sp³-hybridized carbons (Fsp3) is 0.833. The summed E-state index contributed by atoms with van der Waals surface area (Å²) in [7, 11) is 0. The topological polar surface area (TPSA) is 166 Å². The molecule has 3 saturated carbocycles. The SMILES string of the molecule is CCCCCCCCCCCCOC(=O)[C@@H](CC1CCCCC1)NC(=O)c1cc(C(=O)N[C@H](CC2CCCCC2)C(=O)OCCCCCCCCCCCC)cc(C(=O)N[C@H](CC2CCCCC2)C(=O)OCCCCCCCCCCCC)c1. The third kappa shape index (κ3) is 32.7. The Bertz CT molecular complexity index is 1700. The third-order valence-corrected chi connectivity index (χ3v) is 18.6. The minimum atomic E-state index is -0.922. The molecule has 0 aliphatic heterocycles. The second-order valence-electron chi connectivity index (χ2n) is 26.1. The van der Waals surface area contributed by atoms with Gasteiger partial charge < -0.3 is 30.2 Å². The molecule has 0 spiro atoms. The summed E-state index contributed by atoms with van der Waals surface area (Å²) >= 11 is 0. The van der Waals surface area contributed by atoms with Gasteiger partial charge in [-0.3, -0.25) is 14.4 Å². The molecule has 12 nitrogen and oxygen atoms in total. The van der Waals surface area contributed by atoms with Gasteiger partial charge in [-0.2, -0.15) is 0 Å². The number of unbranched alkanes of at least 4 members (excludes halogenated alkanes) is 27. The average Bonchev–Trinajstić information content (AvgIpc) is 3.51. The van der Waals surface area contributed by atoms with Crippen molar-refractivity contribution >= 4 is 35.6 Å². The van der Waals surface area contributed by atoms with E-state index in [4.69, 9.17) is 14.2 Å². The largest absolute Gasteiger partial charge is 0.464 e. The van der Waals surface area contributed by atoms with Crippen LogP contribution in [0.4, 0.5) is 0 Å². The highest BCUT2D eigenvalue weighted by atomic mass is 16.5. The van der Waals surface area contributed by atoms with Gasteiger partial charge in [0.1, 0.15) is 18.1 Å². The van der Waals surface area contributed by atoms with E-state index in [1.165, 1.54) is 153 Å². The normalized spacial score (nSPS) is 16.3. The predicted molar refractivity (Wildman–Crippen MR) is 342 cm³/mol. The van der Waals surface area contributed by atoms with Crippen molar-refractivity contribution in [3.63, 3.8) is 0 Å². The van der Waals surface area contributed by atoms with Gasteiger partial charge in [-0.15, -0.1) is 0 Å². The lowest BCUT2D eigenvalue weighted by Crippen LogP contribution is -2.45. The number of rotatable bonds is 48. The third-order valence-electron chi connectivity index (χ3n) is 18.6. The molecule has 0 aromatic heterocycles. The number of nitrogens with one attached hydrogen (secondary N) is 3. The zero-order chi connectivity index (χ0) is 60.1. The quantitative estimate of drug-likeness (QED) is 0.0327. The summed E-state index contributed by atoms with van der Waals surface area (Å²) in [5.41, 5.74) is 0.0519. The lowest BCUT2D eigenvalue weighted by atomic mass is 9.84. The fourth-order valence-electron chi connectivity index (χ4n) is 13.2. The molecule has 3 aliphatic rings. The minimum Gasteiger partial charge on any atom is -0.464 e. The highest BCUT2D eigenvalue weighted by Crippen LogP contribution is 2.31. The zero-order valence-corrected chi connectivity index (χ0v) is 53.9. The van der Waals surface area contributed by atoms with E-state index in [0.29, 0.717) is 19.3 Å². The Morgan fingerprint density at radius 2 is 0.524 bits per heavy atom. The Hall–Kier alpha value is -3.96. The first kappa shape index (κ1) is 72.5. The first-order valence-electron chi connectivity index (χ1n) is 35.7. The number of ether oxygens (including phenoxy) is 3. The van der Waals surface area contributed by atoms with E-state index in [1.807, 2.05) is 0 Å². The molecule has 84 heavy (non-hydrogen) atoms. The summed E-state index contributed by atoms with van der Waals surface area (Å²) < 4.78 is 17.7. The fourth-order valence-corrected chi connectivity index (χ4v) is 13.2. The second kappa shape index (κ2) is 47.2. The van der Waals surface area contributed by atoms with Crippen LogP contribution in [0.2, 0.25) is 0 Å². The summed E-state index contributed by atoms with van der Waals surface area (Å²) in [6.45, 7) is 7.55. The summed E-state index contributed by atoms with van der Waals surface area (Å²) in [6.07, 6.45) is 51.8. The Balaban J connectivity index is 1.54. The van der Waals surface area contributed by atoms with Gasteiger partial charge in [0, 0.05) is 16.7 Å². The van der Waals surface area contributed by atoms with Gasteiger partial charge in [0.25, 0.3) is 17.7 Å². The zero-order valence-electron chi connectivity index (χ0n) is 53.9. The number of esters is 3. The first-order valence-corrected chi connectivity index (χ1v) is 35.7. The molecule has 4 rings (SSSR count). The Morgan fingerprint density at radius 1 is 0.321 bits per heavy atom. The highest BCUT2D eigenvalue weighted by molar-refractivity contribution is 6.06. The van der Waals surface area contributed by atoms with Crippen LogP contribution in [0.5, 0.6) is 0 Å². The van der Waals surface area contributed by atoms with Gasteiger partial charge in [-0.1, -0.05) is 290 Å². The molecule has 12 heteroatoms. The maximum absolute atomic E-state index is 14.7.